The Labute approximate surface area is 137 Å². The predicted molar refractivity (Wildman–Crippen MR) is 91.9 cm³/mol. The lowest BCUT2D eigenvalue weighted by Gasteiger charge is -2.20. The van der Waals surface area contributed by atoms with Crippen LogP contribution in [0.1, 0.15) is 48.3 Å². The predicted octanol–water partition coefficient (Wildman–Crippen LogP) is 5.38. The van der Waals surface area contributed by atoms with Gasteiger partial charge in [-0.05, 0) is 36.5 Å². The maximum atomic E-state index is 10.3. The molecule has 2 aromatic carbocycles. The van der Waals surface area contributed by atoms with E-state index >= 15 is 0 Å². The van der Waals surface area contributed by atoms with Gasteiger partial charge in [-0.3, -0.25) is 0 Å². The molecule has 0 spiro atoms. The average molecular weight is 312 g/mol. The van der Waals surface area contributed by atoms with Crippen LogP contribution in [0.3, 0.4) is 0 Å². The molecule has 0 aliphatic heterocycles. The van der Waals surface area contributed by atoms with Crippen LogP contribution in [0.25, 0.3) is 0 Å². The average Bonchev–Trinajstić information content (AvgIpc) is 2.56. The van der Waals surface area contributed by atoms with Crippen LogP contribution >= 0.6 is 0 Å². The Hall–Kier alpha value is -2.29. The van der Waals surface area contributed by atoms with Gasteiger partial charge in [-0.1, -0.05) is 67.4 Å². The van der Waals surface area contributed by atoms with E-state index in [9.17, 15) is 4.79 Å². The second-order valence-electron chi connectivity index (χ2n) is 5.78. The topological polar surface area (TPSA) is 46.5 Å². The molecule has 122 valence electrons. The molecule has 0 aromatic heterocycles. The van der Waals surface area contributed by atoms with Gasteiger partial charge in [-0.15, -0.1) is 0 Å². The van der Waals surface area contributed by atoms with E-state index in [0.717, 1.165) is 25.7 Å². The number of benzene rings is 2. The molecular formula is C20H24O3. The van der Waals surface area contributed by atoms with E-state index in [-0.39, 0.29) is 6.61 Å². The van der Waals surface area contributed by atoms with Crippen LogP contribution in [-0.4, -0.2) is 17.9 Å². The summed E-state index contributed by atoms with van der Waals surface area (Å²) in [7, 11) is 0. The highest BCUT2D eigenvalue weighted by atomic mass is 16.7. The van der Waals surface area contributed by atoms with Crippen molar-refractivity contribution in [2.45, 2.75) is 38.5 Å². The van der Waals surface area contributed by atoms with Crippen molar-refractivity contribution >= 4 is 6.16 Å². The third-order valence-corrected chi connectivity index (χ3v) is 4.13. The molecule has 0 amide bonds. The Morgan fingerprint density at radius 2 is 1.70 bits per heavy atom. The zero-order chi connectivity index (χ0) is 16.5. The van der Waals surface area contributed by atoms with Crippen LogP contribution in [0.2, 0.25) is 0 Å². The lowest BCUT2D eigenvalue weighted by molar-refractivity contribution is 0.0899. The van der Waals surface area contributed by atoms with Gasteiger partial charge in [0.15, 0.2) is 0 Å². The first-order valence-corrected chi connectivity index (χ1v) is 8.14. The zero-order valence-electron chi connectivity index (χ0n) is 13.6. The van der Waals surface area contributed by atoms with Crippen molar-refractivity contribution in [3.05, 3.63) is 71.3 Å². The van der Waals surface area contributed by atoms with Crippen LogP contribution in [0.4, 0.5) is 4.79 Å². The van der Waals surface area contributed by atoms with E-state index in [1.165, 1.54) is 16.7 Å². The molecule has 0 fully saturated rings. The van der Waals surface area contributed by atoms with Crippen LogP contribution in [0.15, 0.2) is 54.6 Å². The Morgan fingerprint density at radius 1 is 1.00 bits per heavy atom. The minimum absolute atomic E-state index is 0.287. The molecule has 2 rings (SSSR count). The molecule has 1 unspecified atom stereocenters. The smallest absolute Gasteiger partial charge is 0.450 e. The fourth-order valence-corrected chi connectivity index (χ4v) is 2.95. The normalized spacial score (nSPS) is 11.9. The molecule has 0 aliphatic carbocycles. The van der Waals surface area contributed by atoms with Crippen LogP contribution in [-0.2, 0) is 4.74 Å². The second-order valence-corrected chi connectivity index (χ2v) is 5.78. The monoisotopic (exact) mass is 312 g/mol. The lowest BCUT2D eigenvalue weighted by atomic mass is 9.85. The number of hydrogen-bond donors (Lipinski definition) is 1. The van der Waals surface area contributed by atoms with Gasteiger partial charge in [0.1, 0.15) is 0 Å². The maximum absolute atomic E-state index is 10.3. The summed E-state index contributed by atoms with van der Waals surface area (Å²) in [6.45, 7) is 2.45. The molecule has 23 heavy (non-hydrogen) atoms. The standard InChI is InChI=1S/C20H24O3/c1-16-10-7-8-13-18(16)19(17-11-4-2-5-12-17)14-6-3-9-15-23-20(21)22/h2,4-5,7-8,10-13,19H,3,6,9,14-15H2,1H3,(H,21,22). The van der Waals surface area contributed by atoms with Gasteiger partial charge in [0.25, 0.3) is 0 Å². The minimum atomic E-state index is -1.19. The number of carbonyl (C=O) groups is 1. The third kappa shape index (κ3) is 5.44. The van der Waals surface area contributed by atoms with Gasteiger partial charge < -0.3 is 9.84 Å². The van der Waals surface area contributed by atoms with Crippen LogP contribution in [0.5, 0.6) is 0 Å². The van der Waals surface area contributed by atoms with Gasteiger partial charge in [0.2, 0.25) is 0 Å². The van der Waals surface area contributed by atoms with Crippen molar-refractivity contribution < 1.29 is 14.6 Å². The second kappa shape index (κ2) is 8.99. The van der Waals surface area contributed by atoms with Crippen molar-refractivity contribution in [2.75, 3.05) is 6.61 Å². The molecule has 1 N–H and O–H groups in total. The summed E-state index contributed by atoms with van der Waals surface area (Å²) in [4.78, 5) is 10.3. The number of rotatable bonds is 8. The fourth-order valence-electron chi connectivity index (χ4n) is 2.95. The van der Waals surface area contributed by atoms with E-state index in [1.807, 2.05) is 6.07 Å². The molecule has 3 nitrogen and oxygen atoms in total. The molecule has 3 heteroatoms. The third-order valence-electron chi connectivity index (χ3n) is 4.13. The van der Waals surface area contributed by atoms with E-state index < -0.39 is 6.16 Å². The van der Waals surface area contributed by atoms with E-state index in [4.69, 9.17) is 5.11 Å². The van der Waals surface area contributed by atoms with Gasteiger partial charge >= 0.3 is 6.16 Å². The number of aryl methyl sites for hydroxylation is 1. The summed E-state index contributed by atoms with van der Waals surface area (Å²) in [5.74, 6) is 0.387. The van der Waals surface area contributed by atoms with Gasteiger partial charge in [0, 0.05) is 5.92 Å². The summed E-state index contributed by atoms with van der Waals surface area (Å²) >= 11 is 0. The van der Waals surface area contributed by atoms with Crippen molar-refractivity contribution in [2.24, 2.45) is 0 Å². The highest BCUT2D eigenvalue weighted by Crippen LogP contribution is 2.31. The van der Waals surface area contributed by atoms with Gasteiger partial charge in [-0.2, -0.15) is 0 Å². The van der Waals surface area contributed by atoms with Gasteiger partial charge in [0.05, 0.1) is 6.61 Å². The number of carboxylic acid groups (broad SMARTS) is 1. The molecule has 0 saturated carbocycles. The molecule has 0 aliphatic rings. The zero-order valence-corrected chi connectivity index (χ0v) is 13.6. The first-order valence-electron chi connectivity index (χ1n) is 8.14. The summed E-state index contributed by atoms with van der Waals surface area (Å²) in [5.41, 5.74) is 4.03. The van der Waals surface area contributed by atoms with Crippen molar-refractivity contribution in [1.29, 1.82) is 0 Å². The van der Waals surface area contributed by atoms with Crippen molar-refractivity contribution in [3.63, 3.8) is 0 Å². The maximum Gasteiger partial charge on any atom is 0.505 e. The number of ether oxygens (including phenoxy) is 1. The molecule has 0 heterocycles. The van der Waals surface area contributed by atoms with Crippen LogP contribution in [0, 0.1) is 6.92 Å². The first kappa shape index (κ1) is 17.1. The van der Waals surface area contributed by atoms with Crippen molar-refractivity contribution in [3.8, 4) is 0 Å². The summed E-state index contributed by atoms with van der Waals surface area (Å²) < 4.78 is 4.55. The Bertz CT molecular complexity index is 607. The summed E-state index contributed by atoms with van der Waals surface area (Å²) in [5, 5.41) is 8.46. The molecule has 2 aromatic rings. The highest BCUT2D eigenvalue weighted by Gasteiger charge is 2.15. The Morgan fingerprint density at radius 3 is 2.39 bits per heavy atom. The molecule has 0 saturated heterocycles. The van der Waals surface area contributed by atoms with Gasteiger partial charge in [-0.25, -0.2) is 4.79 Å². The van der Waals surface area contributed by atoms with E-state index in [2.05, 4.69) is 60.2 Å². The highest BCUT2D eigenvalue weighted by molar-refractivity contribution is 5.56. The van der Waals surface area contributed by atoms with E-state index in [0.29, 0.717) is 5.92 Å². The fraction of sp³-hybridized carbons (Fsp3) is 0.350. The number of hydrogen-bond acceptors (Lipinski definition) is 2. The Kier molecular flexibility index (Phi) is 6.67. The summed E-state index contributed by atoms with van der Waals surface area (Å²) in [6.07, 6.45) is 2.68. The van der Waals surface area contributed by atoms with Crippen LogP contribution < -0.4 is 0 Å². The molecule has 0 radical (unpaired) electrons. The SMILES string of the molecule is Cc1ccccc1C(CCCCCOC(=O)O)c1ccccc1. The van der Waals surface area contributed by atoms with Crippen molar-refractivity contribution in [1.82, 2.24) is 0 Å². The quantitative estimate of drug-likeness (QED) is 0.525. The largest absolute Gasteiger partial charge is 0.505 e. The number of unbranched alkanes of at least 4 members (excludes halogenated alkanes) is 2. The molecular weight excluding hydrogens is 288 g/mol. The molecule has 0 bridgehead atoms. The summed E-state index contributed by atoms with van der Waals surface area (Å²) in [6, 6.07) is 19.1. The Balaban J connectivity index is 1.98. The van der Waals surface area contributed by atoms with E-state index in [1.54, 1.807) is 0 Å². The minimum Gasteiger partial charge on any atom is -0.450 e. The first-order chi connectivity index (χ1) is 11.2. The lowest BCUT2D eigenvalue weighted by Crippen LogP contribution is -2.04. The molecule has 1 atom stereocenters.